The Kier molecular flexibility index (Phi) is 4.62. The maximum atomic E-state index is 12.8. The van der Waals surface area contributed by atoms with E-state index >= 15 is 0 Å². The van der Waals surface area contributed by atoms with Gasteiger partial charge in [-0.3, -0.25) is 4.79 Å². The van der Waals surface area contributed by atoms with Gasteiger partial charge in [0.1, 0.15) is 17.1 Å². The van der Waals surface area contributed by atoms with E-state index in [0.29, 0.717) is 31.0 Å². The molecule has 0 aliphatic carbocycles. The first-order valence-corrected chi connectivity index (χ1v) is 8.67. The molecule has 1 N–H and O–H groups in total. The summed E-state index contributed by atoms with van der Waals surface area (Å²) in [5.74, 6) is 0.688. The molecule has 1 saturated heterocycles. The molecule has 0 saturated carbocycles. The highest BCUT2D eigenvalue weighted by Crippen LogP contribution is 2.32. The summed E-state index contributed by atoms with van der Waals surface area (Å²) in [5.41, 5.74) is 0.140. The van der Waals surface area contributed by atoms with Crippen molar-refractivity contribution in [3.05, 3.63) is 23.2 Å². The van der Waals surface area contributed by atoms with Crippen LogP contribution >= 0.6 is 0 Å². The molecule has 7 heteroatoms. The first-order chi connectivity index (χ1) is 11.4. The first-order valence-electron chi connectivity index (χ1n) is 8.67. The number of likely N-dealkylation sites (tertiary alicyclic amines) is 1. The summed E-state index contributed by atoms with van der Waals surface area (Å²) in [5, 5.41) is 19.3. The molecule has 3 heterocycles. The summed E-state index contributed by atoms with van der Waals surface area (Å²) in [6, 6.07) is 0.184. The Morgan fingerprint density at radius 2 is 2.21 bits per heavy atom. The summed E-state index contributed by atoms with van der Waals surface area (Å²) in [4.78, 5) is 14.6. The molecule has 0 radical (unpaired) electrons. The van der Waals surface area contributed by atoms with Crippen molar-refractivity contribution < 1.29 is 14.6 Å². The Balaban J connectivity index is 1.79. The molecule has 1 aromatic rings. The molecule has 3 rings (SSSR count). The number of hydrogen-bond acceptors (Lipinski definition) is 5. The Hall–Kier alpha value is -1.89. The second kappa shape index (κ2) is 6.55. The quantitative estimate of drug-likeness (QED) is 0.911. The minimum atomic E-state index is -1.13. The van der Waals surface area contributed by atoms with Crippen LogP contribution in [0.15, 0.2) is 17.5 Å². The van der Waals surface area contributed by atoms with Crippen LogP contribution in [-0.4, -0.2) is 50.6 Å². The fourth-order valence-electron chi connectivity index (χ4n) is 3.35. The molecule has 7 nitrogen and oxygen atoms in total. The lowest BCUT2D eigenvalue weighted by molar-refractivity contribution is -0.135. The SMILES string of the molecule is CC1=C(C(=O)N2CCC[C@](O)(c3cn(C(C)C)nn3)C2)CCCO1. The van der Waals surface area contributed by atoms with Crippen LogP contribution in [0.4, 0.5) is 0 Å². The predicted octanol–water partition coefficient (Wildman–Crippen LogP) is 1.75. The Morgan fingerprint density at radius 3 is 2.88 bits per heavy atom. The summed E-state index contributed by atoms with van der Waals surface area (Å²) in [6.45, 7) is 7.44. The maximum Gasteiger partial charge on any atom is 0.253 e. The number of β-amino-alcohol motifs (C(OH)–C–C–N with tert-alkyl or cyclic N) is 1. The van der Waals surface area contributed by atoms with Gasteiger partial charge in [-0.1, -0.05) is 5.21 Å². The van der Waals surface area contributed by atoms with Crippen molar-refractivity contribution in [3.8, 4) is 0 Å². The predicted molar refractivity (Wildman–Crippen MR) is 88.0 cm³/mol. The first kappa shape index (κ1) is 17.0. The number of amides is 1. The highest BCUT2D eigenvalue weighted by Gasteiger charge is 2.40. The minimum absolute atomic E-state index is 0.0263. The standard InChI is InChI=1S/C17H26N4O3/c1-12(2)21-10-15(18-19-21)17(23)7-5-8-20(11-17)16(22)14-6-4-9-24-13(14)3/h10,12,23H,4-9,11H2,1-3H3/t17-/m1/s1. The smallest absolute Gasteiger partial charge is 0.253 e. The van der Waals surface area contributed by atoms with Crippen molar-refractivity contribution >= 4 is 5.91 Å². The van der Waals surface area contributed by atoms with Crippen molar-refractivity contribution in [1.29, 1.82) is 0 Å². The molecule has 0 aromatic carbocycles. The number of aromatic nitrogens is 3. The minimum Gasteiger partial charge on any atom is -0.498 e. The van der Waals surface area contributed by atoms with Gasteiger partial charge in [-0.05, 0) is 46.5 Å². The number of piperidine rings is 1. The zero-order valence-electron chi connectivity index (χ0n) is 14.7. The van der Waals surface area contributed by atoms with Crippen molar-refractivity contribution in [1.82, 2.24) is 19.9 Å². The van der Waals surface area contributed by atoms with E-state index in [2.05, 4.69) is 10.3 Å². The van der Waals surface area contributed by atoms with Gasteiger partial charge in [0.25, 0.3) is 5.91 Å². The lowest BCUT2D eigenvalue weighted by Crippen LogP contribution is -2.49. The number of allylic oxidation sites excluding steroid dienone is 1. The number of nitrogens with zero attached hydrogens (tertiary/aromatic N) is 4. The van der Waals surface area contributed by atoms with E-state index in [4.69, 9.17) is 4.74 Å². The van der Waals surface area contributed by atoms with Crippen molar-refractivity contribution in [3.63, 3.8) is 0 Å². The van der Waals surface area contributed by atoms with Crippen LogP contribution in [0.2, 0.25) is 0 Å². The third-order valence-electron chi connectivity index (χ3n) is 4.85. The summed E-state index contributed by atoms with van der Waals surface area (Å²) in [6.07, 6.45) is 4.71. The Morgan fingerprint density at radius 1 is 1.42 bits per heavy atom. The van der Waals surface area contributed by atoms with Crippen molar-refractivity contribution in [2.45, 2.75) is 58.1 Å². The van der Waals surface area contributed by atoms with Gasteiger partial charge >= 0.3 is 0 Å². The average Bonchev–Trinajstić information content (AvgIpc) is 3.06. The van der Waals surface area contributed by atoms with Crippen LogP contribution in [0.25, 0.3) is 0 Å². The molecule has 2 aliphatic heterocycles. The van der Waals surface area contributed by atoms with E-state index in [1.54, 1.807) is 15.8 Å². The molecule has 132 valence electrons. The van der Waals surface area contributed by atoms with Crippen LogP contribution < -0.4 is 0 Å². The number of aliphatic hydroxyl groups is 1. The molecular weight excluding hydrogens is 308 g/mol. The van der Waals surface area contributed by atoms with Crippen molar-refractivity contribution in [2.24, 2.45) is 0 Å². The number of carbonyl (C=O) groups excluding carboxylic acids is 1. The van der Waals surface area contributed by atoms with E-state index in [9.17, 15) is 9.90 Å². The average molecular weight is 334 g/mol. The second-order valence-corrected chi connectivity index (χ2v) is 7.03. The maximum absolute atomic E-state index is 12.8. The van der Waals surface area contributed by atoms with Crippen LogP contribution in [-0.2, 0) is 15.1 Å². The molecule has 1 fully saturated rings. The molecule has 0 bridgehead atoms. The normalized spacial score (nSPS) is 25.1. The summed E-state index contributed by atoms with van der Waals surface area (Å²) < 4.78 is 7.24. The van der Waals surface area contributed by atoms with E-state index < -0.39 is 5.60 Å². The Labute approximate surface area is 142 Å². The molecule has 0 unspecified atom stereocenters. The lowest BCUT2D eigenvalue weighted by Gasteiger charge is -2.38. The second-order valence-electron chi connectivity index (χ2n) is 7.03. The number of rotatable bonds is 3. The van der Waals surface area contributed by atoms with Gasteiger partial charge in [-0.2, -0.15) is 0 Å². The van der Waals surface area contributed by atoms with Gasteiger partial charge in [0.15, 0.2) is 0 Å². The van der Waals surface area contributed by atoms with E-state index in [0.717, 1.165) is 24.8 Å². The summed E-state index contributed by atoms with van der Waals surface area (Å²) in [7, 11) is 0. The van der Waals surface area contributed by atoms with Gasteiger partial charge < -0.3 is 14.7 Å². The number of hydrogen-bond donors (Lipinski definition) is 1. The van der Waals surface area contributed by atoms with Crippen LogP contribution in [0.3, 0.4) is 0 Å². The summed E-state index contributed by atoms with van der Waals surface area (Å²) >= 11 is 0. The Bertz CT molecular complexity index is 652. The van der Waals surface area contributed by atoms with Gasteiger partial charge in [0, 0.05) is 12.6 Å². The molecule has 24 heavy (non-hydrogen) atoms. The van der Waals surface area contributed by atoms with Crippen molar-refractivity contribution in [2.75, 3.05) is 19.7 Å². The topological polar surface area (TPSA) is 80.5 Å². The zero-order valence-corrected chi connectivity index (χ0v) is 14.7. The van der Waals surface area contributed by atoms with Gasteiger partial charge in [-0.15, -0.1) is 5.10 Å². The number of ether oxygens (including phenoxy) is 1. The van der Waals surface area contributed by atoms with Gasteiger partial charge in [-0.25, -0.2) is 4.68 Å². The van der Waals surface area contributed by atoms with Crippen LogP contribution in [0.1, 0.15) is 58.2 Å². The van der Waals surface area contributed by atoms with Crippen LogP contribution in [0.5, 0.6) is 0 Å². The molecule has 1 aromatic heterocycles. The third-order valence-corrected chi connectivity index (χ3v) is 4.85. The molecular formula is C17H26N4O3. The van der Waals surface area contributed by atoms with Gasteiger partial charge in [0.2, 0.25) is 0 Å². The monoisotopic (exact) mass is 334 g/mol. The zero-order chi connectivity index (χ0) is 17.3. The largest absolute Gasteiger partial charge is 0.498 e. The fraction of sp³-hybridized carbons (Fsp3) is 0.706. The van der Waals surface area contributed by atoms with E-state index in [1.165, 1.54) is 0 Å². The lowest BCUT2D eigenvalue weighted by atomic mass is 9.89. The fourth-order valence-corrected chi connectivity index (χ4v) is 3.35. The van der Waals surface area contributed by atoms with Crippen LogP contribution in [0, 0.1) is 0 Å². The van der Waals surface area contributed by atoms with Gasteiger partial charge in [0.05, 0.1) is 24.9 Å². The van der Waals surface area contributed by atoms with E-state index in [-0.39, 0.29) is 18.5 Å². The molecule has 0 spiro atoms. The third kappa shape index (κ3) is 3.17. The molecule has 1 amide bonds. The highest BCUT2D eigenvalue weighted by atomic mass is 16.5. The number of carbonyl (C=O) groups is 1. The highest BCUT2D eigenvalue weighted by molar-refractivity contribution is 5.94. The molecule has 1 atom stereocenters. The molecule has 2 aliphatic rings. The van der Waals surface area contributed by atoms with E-state index in [1.807, 2.05) is 20.8 Å².